The molecular weight excluding hydrogens is 438 g/mol. The number of rotatable bonds is 25. The third-order valence-electron chi connectivity index (χ3n) is 6.63. The van der Waals surface area contributed by atoms with Crippen molar-refractivity contribution >= 4 is 5.97 Å². The Balaban J connectivity index is 1.86. The van der Waals surface area contributed by atoms with Crippen molar-refractivity contribution in [3.8, 4) is 0 Å². The molecule has 1 aromatic rings. The Kier molecular flexibility index (Phi) is 20.8. The Morgan fingerprint density at radius 2 is 1.29 bits per heavy atom. The van der Waals surface area contributed by atoms with Crippen LogP contribution in [-0.4, -0.2) is 48.1 Å². The molecule has 202 valence electrons. The molecule has 3 N–H and O–H groups in total. The second-order valence-electron chi connectivity index (χ2n) is 10.0. The van der Waals surface area contributed by atoms with Crippen LogP contribution in [0.3, 0.4) is 0 Å². The van der Waals surface area contributed by atoms with Crippen LogP contribution in [0.5, 0.6) is 0 Å². The van der Waals surface area contributed by atoms with Gasteiger partial charge in [0.15, 0.2) is 0 Å². The Labute approximate surface area is 215 Å². The minimum Gasteiger partial charge on any atom is -0.480 e. The summed E-state index contributed by atoms with van der Waals surface area (Å²) >= 11 is 0. The highest BCUT2D eigenvalue weighted by molar-refractivity contribution is 5.73. The first-order valence-corrected chi connectivity index (χ1v) is 14.4. The zero-order valence-electron chi connectivity index (χ0n) is 22.4. The summed E-state index contributed by atoms with van der Waals surface area (Å²) in [5.74, 6) is -0.907. The van der Waals surface area contributed by atoms with E-state index in [0.29, 0.717) is 13.0 Å². The molecule has 0 saturated heterocycles. The molecule has 0 spiro atoms. The van der Waals surface area contributed by atoms with Crippen molar-refractivity contribution in [3.63, 3.8) is 0 Å². The summed E-state index contributed by atoms with van der Waals surface area (Å²) in [6, 6.07) is 8.82. The summed E-state index contributed by atoms with van der Waals surface area (Å²) in [6.45, 7) is 3.38. The van der Waals surface area contributed by atoms with Crippen molar-refractivity contribution in [2.75, 3.05) is 19.8 Å². The van der Waals surface area contributed by atoms with E-state index in [0.717, 1.165) is 12.0 Å². The van der Waals surface area contributed by atoms with E-state index in [9.17, 15) is 15.0 Å². The molecule has 0 heterocycles. The molecule has 0 radical (unpaired) electrons. The van der Waals surface area contributed by atoms with Gasteiger partial charge in [-0.05, 0) is 18.4 Å². The molecule has 5 heteroatoms. The first kappa shape index (κ1) is 31.6. The van der Waals surface area contributed by atoms with Crippen LogP contribution in [0.4, 0.5) is 0 Å². The lowest BCUT2D eigenvalue weighted by molar-refractivity contribution is -0.139. The molecule has 5 nitrogen and oxygen atoms in total. The van der Waals surface area contributed by atoms with Gasteiger partial charge in [0.1, 0.15) is 6.04 Å². The maximum atomic E-state index is 11.5. The number of hydrogen-bond donors (Lipinski definition) is 3. The van der Waals surface area contributed by atoms with Crippen molar-refractivity contribution < 1.29 is 19.7 Å². The monoisotopic (exact) mass is 491 g/mol. The molecule has 0 bridgehead atoms. The highest BCUT2D eigenvalue weighted by Crippen LogP contribution is 2.13. The van der Waals surface area contributed by atoms with Gasteiger partial charge in [-0.15, -0.1) is 0 Å². The standard InChI is InChI=1S/C30H53NO4/c1-2-3-4-5-6-7-8-9-10-11-12-13-14-15-16-20-23-35-26-28(32)25-31-29(30(33)34)24-27-21-18-17-19-22-27/h17-19,21-22,28-29,31-32H,2-16,20,23-26H2,1H3,(H,33,34). The van der Waals surface area contributed by atoms with Gasteiger partial charge in [-0.1, -0.05) is 134 Å². The lowest BCUT2D eigenvalue weighted by Crippen LogP contribution is -2.43. The maximum absolute atomic E-state index is 11.5. The maximum Gasteiger partial charge on any atom is 0.321 e. The van der Waals surface area contributed by atoms with Crippen LogP contribution < -0.4 is 5.32 Å². The topological polar surface area (TPSA) is 78.8 Å². The smallest absolute Gasteiger partial charge is 0.321 e. The number of nitrogens with one attached hydrogen (secondary N) is 1. The Morgan fingerprint density at radius 3 is 1.77 bits per heavy atom. The number of unbranched alkanes of at least 4 members (excludes halogenated alkanes) is 15. The highest BCUT2D eigenvalue weighted by atomic mass is 16.5. The van der Waals surface area contributed by atoms with Crippen LogP contribution in [0, 0.1) is 0 Å². The van der Waals surface area contributed by atoms with Gasteiger partial charge in [-0.25, -0.2) is 0 Å². The van der Waals surface area contributed by atoms with E-state index in [2.05, 4.69) is 12.2 Å². The first-order chi connectivity index (χ1) is 17.1. The molecule has 0 saturated carbocycles. The summed E-state index contributed by atoms with van der Waals surface area (Å²) < 4.78 is 5.59. The summed E-state index contributed by atoms with van der Waals surface area (Å²) in [6.07, 6.45) is 21.2. The summed E-state index contributed by atoms with van der Waals surface area (Å²) in [7, 11) is 0. The largest absolute Gasteiger partial charge is 0.480 e. The van der Waals surface area contributed by atoms with Crippen LogP contribution >= 0.6 is 0 Å². The Morgan fingerprint density at radius 1 is 0.800 bits per heavy atom. The van der Waals surface area contributed by atoms with Crippen molar-refractivity contribution in [1.29, 1.82) is 0 Å². The van der Waals surface area contributed by atoms with Gasteiger partial charge in [-0.2, -0.15) is 0 Å². The normalized spacial score (nSPS) is 13.1. The van der Waals surface area contributed by atoms with E-state index in [-0.39, 0.29) is 13.2 Å². The minimum atomic E-state index is -0.907. The van der Waals surface area contributed by atoms with Crippen molar-refractivity contribution in [3.05, 3.63) is 35.9 Å². The number of aliphatic hydroxyl groups is 1. The van der Waals surface area contributed by atoms with Gasteiger partial charge >= 0.3 is 5.97 Å². The van der Waals surface area contributed by atoms with E-state index >= 15 is 0 Å². The van der Waals surface area contributed by atoms with E-state index in [1.54, 1.807) is 0 Å². The van der Waals surface area contributed by atoms with Crippen molar-refractivity contribution in [2.24, 2.45) is 0 Å². The summed E-state index contributed by atoms with van der Waals surface area (Å²) in [5, 5.41) is 22.5. The highest BCUT2D eigenvalue weighted by Gasteiger charge is 2.18. The molecular formula is C30H53NO4. The van der Waals surface area contributed by atoms with Crippen LogP contribution in [0.25, 0.3) is 0 Å². The number of carboxylic acid groups (broad SMARTS) is 1. The lowest BCUT2D eigenvalue weighted by atomic mass is 10.0. The SMILES string of the molecule is CCCCCCCCCCCCCCCCCCOCC(O)CNC(Cc1ccccc1)C(=O)O. The van der Waals surface area contributed by atoms with Crippen molar-refractivity contribution in [1.82, 2.24) is 5.32 Å². The fourth-order valence-electron chi connectivity index (χ4n) is 4.41. The van der Waals surface area contributed by atoms with E-state index in [4.69, 9.17) is 4.74 Å². The molecule has 0 amide bonds. The molecule has 2 atom stereocenters. The molecule has 0 aromatic heterocycles. The number of hydrogen-bond acceptors (Lipinski definition) is 4. The van der Waals surface area contributed by atoms with E-state index < -0.39 is 18.1 Å². The van der Waals surface area contributed by atoms with Gasteiger partial charge < -0.3 is 20.3 Å². The molecule has 2 unspecified atom stereocenters. The number of carbonyl (C=O) groups is 1. The number of aliphatic hydroxyl groups excluding tert-OH is 1. The molecule has 0 aliphatic carbocycles. The number of carboxylic acids is 1. The molecule has 1 rings (SSSR count). The quantitative estimate of drug-likeness (QED) is 0.130. The zero-order valence-corrected chi connectivity index (χ0v) is 22.4. The fraction of sp³-hybridized carbons (Fsp3) is 0.767. The Bertz CT molecular complexity index is 595. The molecule has 35 heavy (non-hydrogen) atoms. The molecule has 0 aliphatic rings. The lowest BCUT2D eigenvalue weighted by Gasteiger charge is -2.17. The van der Waals surface area contributed by atoms with Crippen LogP contribution in [0.1, 0.15) is 115 Å². The summed E-state index contributed by atoms with van der Waals surface area (Å²) in [4.78, 5) is 11.5. The zero-order chi connectivity index (χ0) is 25.4. The third kappa shape index (κ3) is 19.4. The van der Waals surface area contributed by atoms with Crippen LogP contribution in [-0.2, 0) is 16.0 Å². The first-order valence-electron chi connectivity index (χ1n) is 14.4. The van der Waals surface area contributed by atoms with Crippen molar-refractivity contribution in [2.45, 2.75) is 128 Å². The average molecular weight is 492 g/mol. The molecule has 1 aromatic carbocycles. The fourth-order valence-corrected chi connectivity index (χ4v) is 4.41. The second-order valence-corrected chi connectivity index (χ2v) is 10.0. The minimum absolute atomic E-state index is 0.211. The number of aliphatic carboxylic acids is 1. The predicted octanol–water partition coefficient (Wildman–Crippen LogP) is 6.91. The van der Waals surface area contributed by atoms with Crippen LogP contribution in [0.15, 0.2) is 30.3 Å². The summed E-state index contributed by atoms with van der Waals surface area (Å²) in [5.41, 5.74) is 0.960. The number of ether oxygens (including phenoxy) is 1. The predicted molar refractivity (Wildman–Crippen MR) is 146 cm³/mol. The van der Waals surface area contributed by atoms with Gasteiger partial charge in [0, 0.05) is 13.2 Å². The Hall–Kier alpha value is -1.43. The van der Waals surface area contributed by atoms with Gasteiger partial charge in [-0.3, -0.25) is 4.79 Å². The van der Waals surface area contributed by atoms with E-state index in [1.807, 2.05) is 30.3 Å². The second kappa shape index (κ2) is 23.0. The van der Waals surface area contributed by atoms with Gasteiger partial charge in [0.2, 0.25) is 0 Å². The van der Waals surface area contributed by atoms with Crippen LogP contribution in [0.2, 0.25) is 0 Å². The number of benzene rings is 1. The van der Waals surface area contributed by atoms with Gasteiger partial charge in [0.25, 0.3) is 0 Å². The molecule has 0 fully saturated rings. The third-order valence-corrected chi connectivity index (χ3v) is 6.63. The van der Waals surface area contributed by atoms with Gasteiger partial charge in [0.05, 0.1) is 12.7 Å². The average Bonchev–Trinajstić information content (AvgIpc) is 2.86. The molecule has 0 aliphatic heterocycles. The van der Waals surface area contributed by atoms with E-state index in [1.165, 1.54) is 96.3 Å².